The highest BCUT2D eigenvalue weighted by Crippen LogP contribution is 2.38. The van der Waals surface area contributed by atoms with Crippen molar-refractivity contribution in [2.24, 2.45) is 11.3 Å². The van der Waals surface area contributed by atoms with Crippen LogP contribution in [0.5, 0.6) is 0 Å². The van der Waals surface area contributed by atoms with Crippen molar-refractivity contribution in [3.8, 4) is 0 Å². The minimum absolute atomic E-state index is 0.132. The van der Waals surface area contributed by atoms with Gasteiger partial charge in [-0.2, -0.15) is 0 Å². The molecule has 2 unspecified atom stereocenters. The van der Waals surface area contributed by atoms with Crippen LogP contribution in [-0.2, 0) is 0 Å². The van der Waals surface area contributed by atoms with Gasteiger partial charge in [-0.3, -0.25) is 0 Å². The molecular weight excluding hydrogens is 212 g/mol. The predicted octanol–water partition coefficient (Wildman–Crippen LogP) is 2.37. The molecule has 0 aromatic rings. The van der Waals surface area contributed by atoms with Gasteiger partial charge >= 0.3 is 0 Å². The topological polar surface area (TPSA) is 23.5 Å². The van der Waals surface area contributed by atoms with Crippen molar-refractivity contribution in [2.75, 3.05) is 20.1 Å². The van der Waals surface area contributed by atoms with Crippen molar-refractivity contribution in [3.05, 3.63) is 0 Å². The first kappa shape index (κ1) is 13.8. The van der Waals surface area contributed by atoms with Crippen LogP contribution in [0.1, 0.15) is 33.1 Å². The quantitative estimate of drug-likeness (QED) is 0.808. The molecule has 1 aliphatic rings. The SMILES string of the molecule is CN(CC(F)F)CC1CC(C)(C)CCC1O. The Morgan fingerprint density at radius 3 is 2.62 bits per heavy atom. The largest absolute Gasteiger partial charge is 0.393 e. The van der Waals surface area contributed by atoms with E-state index in [1.807, 2.05) is 0 Å². The van der Waals surface area contributed by atoms with Crippen LogP contribution >= 0.6 is 0 Å². The normalized spacial score (nSPS) is 30.0. The molecule has 1 fully saturated rings. The standard InChI is InChI=1S/C12H23F2NO/c1-12(2)5-4-10(16)9(6-12)7-15(3)8-11(13)14/h9-11,16H,4-8H2,1-3H3. The molecule has 2 atom stereocenters. The molecule has 0 aromatic heterocycles. The number of aliphatic hydroxyl groups is 1. The fourth-order valence-corrected chi connectivity index (χ4v) is 2.62. The zero-order valence-electron chi connectivity index (χ0n) is 10.4. The minimum Gasteiger partial charge on any atom is -0.393 e. The van der Waals surface area contributed by atoms with Crippen LogP contribution in [0.15, 0.2) is 0 Å². The van der Waals surface area contributed by atoms with E-state index in [0.29, 0.717) is 6.54 Å². The summed E-state index contributed by atoms with van der Waals surface area (Å²) < 4.78 is 24.4. The predicted molar refractivity (Wildman–Crippen MR) is 60.6 cm³/mol. The molecule has 1 rings (SSSR count). The molecule has 0 radical (unpaired) electrons. The molecule has 1 saturated carbocycles. The molecule has 4 heteroatoms. The zero-order chi connectivity index (χ0) is 12.3. The van der Waals surface area contributed by atoms with E-state index >= 15 is 0 Å². The first-order valence-electron chi connectivity index (χ1n) is 5.95. The third-order valence-corrected chi connectivity index (χ3v) is 3.47. The van der Waals surface area contributed by atoms with E-state index in [4.69, 9.17) is 0 Å². The van der Waals surface area contributed by atoms with E-state index in [0.717, 1.165) is 19.3 Å². The van der Waals surface area contributed by atoms with Gasteiger partial charge in [-0.25, -0.2) is 8.78 Å². The van der Waals surface area contributed by atoms with Crippen molar-refractivity contribution in [2.45, 2.75) is 45.6 Å². The van der Waals surface area contributed by atoms with Gasteiger partial charge in [0, 0.05) is 6.54 Å². The lowest BCUT2D eigenvalue weighted by Gasteiger charge is -2.40. The van der Waals surface area contributed by atoms with Crippen molar-refractivity contribution >= 4 is 0 Å². The Kier molecular flexibility index (Phi) is 4.68. The molecule has 16 heavy (non-hydrogen) atoms. The molecule has 2 nitrogen and oxygen atoms in total. The second-order valence-corrected chi connectivity index (χ2v) is 5.85. The Hall–Kier alpha value is -0.220. The number of hydrogen-bond donors (Lipinski definition) is 1. The summed E-state index contributed by atoms with van der Waals surface area (Å²) in [6, 6.07) is 0. The molecule has 0 heterocycles. The Morgan fingerprint density at radius 1 is 1.44 bits per heavy atom. The van der Waals surface area contributed by atoms with E-state index in [1.165, 1.54) is 0 Å². The van der Waals surface area contributed by atoms with Crippen LogP contribution in [0.4, 0.5) is 8.78 Å². The van der Waals surface area contributed by atoms with E-state index in [2.05, 4.69) is 13.8 Å². The number of rotatable bonds is 4. The smallest absolute Gasteiger partial charge is 0.251 e. The highest BCUT2D eigenvalue weighted by atomic mass is 19.3. The Balaban J connectivity index is 2.45. The first-order chi connectivity index (χ1) is 7.30. The van der Waals surface area contributed by atoms with Gasteiger partial charge in [-0.1, -0.05) is 13.8 Å². The molecule has 0 aromatic carbocycles. The summed E-state index contributed by atoms with van der Waals surface area (Å²) in [5.74, 6) is 0.132. The molecule has 96 valence electrons. The number of aliphatic hydroxyl groups excluding tert-OH is 1. The van der Waals surface area contributed by atoms with Gasteiger partial charge in [0.1, 0.15) is 0 Å². The average Bonchev–Trinajstić information content (AvgIpc) is 2.09. The maximum atomic E-state index is 12.2. The summed E-state index contributed by atoms with van der Waals surface area (Å²) >= 11 is 0. The summed E-state index contributed by atoms with van der Waals surface area (Å²) in [5.41, 5.74) is 0.232. The van der Waals surface area contributed by atoms with Crippen LogP contribution in [0.3, 0.4) is 0 Å². The van der Waals surface area contributed by atoms with Gasteiger partial charge < -0.3 is 10.0 Å². The maximum absolute atomic E-state index is 12.2. The van der Waals surface area contributed by atoms with Gasteiger partial charge in [0.25, 0.3) is 6.43 Å². The Labute approximate surface area is 96.6 Å². The first-order valence-corrected chi connectivity index (χ1v) is 5.95. The molecule has 0 aliphatic heterocycles. The van der Waals surface area contributed by atoms with E-state index in [-0.39, 0.29) is 24.0 Å². The molecule has 0 spiro atoms. The van der Waals surface area contributed by atoms with Crippen LogP contribution in [0.2, 0.25) is 0 Å². The average molecular weight is 235 g/mol. The maximum Gasteiger partial charge on any atom is 0.251 e. The Morgan fingerprint density at radius 2 is 2.06 bits per heavy atom. The van der Waals surface area contributed by atoms with Crippen molar-refractivity contribution in [1.29, 1.82) is 0 Å². The fourth-order valence-electron chi connectivity index (χ4n) is 2.62. The molecule has 1 N–H and O–H groups in total. The lowest BCUT2D eigenvalue weighted by atomic mass is 9.71. The summed E-state index contributed by atoms with van der Waals surface area (Å²) in [7, 11) is 1.69. The number of hydrogen-bond acceptors (Lipinski definition) is 2. The van der Waals surface area contributed by atoms with E-state index in [1.54, 1.807) is 11.9 Å². The summed E-state index contributed by atoms with van der Waals surface area (Å²) in [6.07, 6.45) is 0.109. The molecular formula is C12H23F2NO. The van der Waals surface area contributed by atoms with Crippen LogP contribution < -0.4 is 0 Å². The minimum atomic E-state index is -2.29. The van der Waals surface area contributed by atoms with Crippen molar-refractivity contribution in [1.82, 2.24) is 4.90 Å². The number of alkyl halides is 2. The summed E-state index contributed by atoms with van der Waals surface area (Å²) in [5, 5.41) is 9.87. The lowest BCUT2D eigenvalue weighted by Crippen LogP contribution is -2.41. The molecule has 1 aliphatic carbocycles. The van der Waals surface area contributed by atoms with Gasteiger partial charge in [-0.15, -0.1) is 0 Å². The van der Waals surface area contributed by atoms with Crippen molar-refractivity contribution in [3.63, 3.8) is 0 Å². The Bertz CT molecular complexity index is 221. The highest BCUT2D eigenvalue weighted by molar-refractivity contribution is 4.86. The molecule has 0 bridgehead atoms. The van der Waals surface area contributed by atoms with Gasteiger partial charge in [-0.05, 0) is 37.6 Å². The highest BCUT2D eigenvalue weighted by Gasteiger charge is 2.34. The third kappa shape index (κ3) is 4.34. The van der Waals surface area contributed by atoms with Gasteiger partial charge in [0.15, 0.2) is 0 Å². The summed E-state index contributed by atoms with van der Waals surface area (Å²) in [4.78, 5) is 1.62. The number of halogens is 2. The van der Waals surface area contributed by atoms with Crippen LogP contribution in [0, 0.1) is 11.3 Å². The second-order valence-electron chi connectivity index (χ2n) is 5.85. The van der Waals surface area contributed by atoms with E-state index < -0.39 is 6.43 Å². The van der Waals surface area contributed by atoms with Crippen molar-refractivity contribution < 1.29 is 13.9 Å². The zero-order valence-corrected chi connectivity index (χ0v) is 10.4. The third-order valence-electron chi connectivity index (χ3n) is 3.47. The van der Waals surface area contributed by atoms with Gasteiger partial charge in [0.2, 0.25) is 0 Å². The van der Waals surface area contributed by atoms with Gasteiger partial charge in [0.05, 0.1) is 12.6 Å². The fraction of sp³-hybridized carbons (Fsp3) is 1.00. The van der Waals surface area contributed by atoms with E-state index in [9.17, 15) is 13.9 Å². The number of nitrogens with zero attached hydrogens (tertiary/aromatic N) is 1. The van der Waals surface area contributed by atoms with Crippen LogP contribution in [-0.4, -0.2) is 42.7 Å². The van der Waals surface area contributed by atoms with Crippen LogP contribution in [0.25, 0.3) is 0 Å². The molecule has 0 saturated heterocycles. The second kappa shape index (κ2) is 5.41. The lowest BCUT2D eigenvalue weighted by molar-refractivity contribution is -0.000637. The monoisotopic (exact) mass is 235 g/mol. The summed E-state index contributed by atoms with van der Waals surface area (Å²) in [6.45, 7) is 4.72. The molecule has 0 amide bonds.